The van der Waals surface area contributed by atoms with Gasteiger partial charge in [0.2, 0.25) is 5.89 Å². The van der Waals surface area contributed by atoms with Crippen molar-refractivity contribution in [2.45, 2.75) is 38.3 Å². The van der Waals surface area contributed by atoms with E-state index in [0.29, 0.717) is 11.9 Å². The van der Waals surface area contributed by atoms with Crippen LogP contribution in [-0.4, -0.2) is 16.9 Å². The standard InChI is InChI=1S/C10H15N3O2/c1-6(2)13-10(3-4-10)9-12-7(5-15-9)8(11)14/h5-6,13H,3-4H2,1-2H3,(H2,11,14). The number of hydrogen-bond donors (Lipinski definition) is 2. The first kappa shape index (κ1) is 10.2. The van der Waals surface area contributed by atoms with Crippen molar-refractivity contribution >= 4 is 5.91 Å². The maximum atomic E-state index is 10.9. The van der Waals surface area contributed by atoms with Crippen LogP contribution in [0.2, 0.25) is 0 Å². The molecule has 1 amide bonds. The van der Waals surface area contributed by atoms with Crippen LogP contribution in [0.15, 0.2) is 10.7 Å². The number of nitrogens with zero attached hydrogens (tertiary/aromatic N) is 1. The Hall–Kier alpha value is -1.36. The molecule has 3 N–H and O–H groups in total. The second-order valence-electron chi connectivity index (χ2n) is 4.28. The summed E-state index contributed by atoms with van der Waals surface area (Å²) in [4.78, 5) is 15.0. The Kier molecular flexibility index (Phi) is 2.26. The second-order valence-corrected chi connectivity index (χ2v) is 4.28. The molecule has 0 unspecified atom stereocenters. The maximum absolute atomic E-state index is 10.9. The van der Waals surface area contributed by atoms with E-state index >= 15 is 0 Å². The largest absolute Gasteiger partial charge is 0.446 e. The van der Waals surface area contributed by atoms with Gasteiger partial charge in [-0.15, -0.1) is 0 Å². The molecule has 1 saturated carbocycles. The highest BCUT2D eigenvalue weighted by Gasteiger charge is 2.49. The van der Waals surface area contributed by atoms with Gasteiger partial charge in [0.15, 0.2) is 5.69 Å². The van der Waals surface area contributed by atoms with E-state index in [4.69, 9.17) is 10.2 Å². The van der Waals surface area contributed by atoms with E-state index in [9.17, 15) is 4.79 Å². The lowest BCUT2D eigenvalue weighted by Crippen LogP contribution is -2.35. The highest BCUT2D eigenvalue weighted by Crippen LogP contribution is 2.45. The number of carbonyl (C=O) groups is 1. The fraction of sp³-hybridized carbons (Fsp3) is 0.600. The van der Waals surface area contributed by atoms with E-state index in [2.05, 4.69) is 24.1 Å². The summed E-state index contributed by atoms with van der Waals surface area (Å²) < 4.78 is 5.28. The smallest absolute Gasteiger partial charge is 0.270 e. The average Bonchev–Trinajstić information content (AvgIpc) is 2.75. The van der Waals surface area contributed by atoms with Crippen LogP contribution in [-0.2, 0) is 5.54 Å². The van der Waals surface area contributed by atoms with E-state index < -0.39 is 5.91 Å². The van der Waals surface area contributed by atoms with Gasteiger partial charge in [0.1, 0.15) is 6.26 Å². The summed E-state index contributed by atoms with van der Waals surface area (Å²) in [6.07, 6.45) is 3.30. The van der Waals surface area contributed by atoms with Gasteiger partial charge in [-0.3, -0.25) is 4.79 Å². The number of oxazole rings is 1. The van der Waals surface area contributed by atoms with Crippen LogP contribution in [0.1, 0.15) is 43.1 Å². The van der Waals surface area contributed by atoms with Crippen molar-refractivity contribution in [3.05, 3.63) is 17.8 Å². The highest BCUT2D eigenvalue weighted by molar-refractivity contribution is 5.90. The van der Waals surface area contributed by atoms with Crippen LogP contribution < -0.4 is 11.1 Å². The van der Waals surface area contributed by atoms with Crippen LogP contribution in [0.4, 0.5) is 0 Å². The number of primary amides is 1. The number of hydrogen-bond acceptors (Lipinski definition) is 4. The number of aromatic nitrogens is 1. The lowest BCUT2D eigenvalue weighted by Gasteiger charge is -2.16. The van der Waals surface area contributed by atoms with Gasteiger partial charge in [-0.05, 0) is 26.7 Å². The molecular formula is C10H15N3O2. The molecule has 0 bridgehead atoms. The Bertz CT molecular complexity index is 380. The zero-order valence-electron chi connectivity index (χ0n) is 8.91. The molecule has 1 aromatic rings. The first-order chi connectivity index (χ1) is 7.03. The van der Waals surface area contributed by atoms with Gasteiger partial charge in [0.25, 0.3) is 5.91 Å². The number of carbonyl (C=O) groups excluding carboxylic acids is 1. The topological polar surface area (TPSA) is 81.1 Å². The number of rotatable bonds is 4. The molecule has 82 valence electrons. The van der Waals surface area contributed by atoms with Crippen molar-refractivity contribution < 1.29 is 9.21 Å². The fourth-order valence-electron chi connectivity index (χ4n) is 1.70. The van der Waals surface area contributed by atoms with Gasteiger partial charge in [-0.2, -0.15) is 0 Å². The summed E-state index contributed by atoms with van der Waals surface area (Å²) in [6, 6.07) is 0.358. The minimum atomic E-state index is -0.551. The third-order valence-electron chi connectivity index (χ3n) is 2.48. The summed E-state index contributed by atoms with van der Waals surface area (Å²) in [5.74, 6) is 0.0235. The van der Waals surface area contributed by atoms with Crippen LogP contribution in [0, 0.1) is 0 Å². The summed E-state index contributed by atoms with van der Waals surface area (Å²) >= 11 is 0. The molecule has 0 radical (unpaired) electrons. The Morgan fingerprint density at radius 3 is 2.73 bits per heavy atom. The van der Waals surface area contributed by atoms with Crippen molar-refractivity contribution in [2.24, 2.45) is 5.73 Å². The van der Waals surface area contributed by atoms with Crippen LogP contribution in [0.5, 0.6) is 0 Å². The third kappa shape index (κ3) is 1.87. The molecule has 5 nitrogen and oxygen atoms in total. The third-order valence-corrected chi connectivity index (χ3v) is 2.48. The summed E-state index contributed by atoms with van der Waals surface area (Å²) in [5.41, 5.74) is 5.14. The Morgan fingerprint density at radius 2 is 2.33 bits per heavy atom. The zero-order valence-corrected chi connectivity index (χ0v) is 8.91. The van der Waals surface area contributed by atoms with Gasteiger partial charge >= 0.3 is 0 Å². The van der Waals surface area contributed by atoms with Crippen molar-refractivity contribution in [1.29, 1.82) is 0 Å². The molecule has 5 heteroatoms. The van der Waals surface area contributed by atoms with Crippen LogP contribution in [0.3, 0.4) is 0 Å². The Morgan fingerprint density at radius 1 is 1.67 bits per heavy atom. The molecule has 0 aromatic carbocycles. The maximum Gasteiger partial charge on any atom is 0.270 e. The van der Waals surface area contributed by atoms with Crippen molar-refractivity contribution in [1.82, 2.24) is 10.3 Å². The summed E-state index contributed by atoms with van der Waals surface area (Å²) in [7, 11) is 0. The summed E-state index contributed by atoms with van der Waals surface area (Å²) in [5, 5.41) is 3.39. The molecule has 15 heavy (non-hydrogen) atoms. The first-order valence-electron chi connectivity index (χ1n) is 5.07. The van der Waals surface area contributed by atoms with Gasteiger partial charge in [-0.1, -0.05) is 0 Å². The highest BCUT2D eigenvalue weighted by atomic mass is 16.3. The molecule has 0 aliphatic heterocycles. The van der Waals surface area contributed by atoms with E-state index in [1.807, 2.05) is 0 Å². The van der Waals surface area contributed by atoms with Crippen LogP contribution in [0.25, 0.3) is 0 Å². The summed E-state index contributed by atoms with van der Waals surface area (Å²) in [6.45, 7) is 4.13. The number of nitrogens with two attached hydrogens (primary N) is 1. The lowest BCUT2D eigenvalue weighted by atomic mass is 10.2. The molecular weight excluding hydrogens is 194 g/mol. The van der Waals surface area contributed by atoms with Gasteiger partial charge in [0, 0.05) is 6.04 Å². The number of nitrogens with one attached hydrogen (secondary N) is 1. The number of amides is 1. The molecule has 2 rings (SSSR count). The molecule has 1 aliphatic carbocycles. The van der Waals surface area contributed by atoms with Crippen LogP contribution >= 0.6 is 0 Å². The van der Waals surface area contributed by atoms with E-state index in [0.717, 1.165) is 12.8 Å². The minimum Gasteiger partial charge on any atom is -0.446 e. The average molecular weight is 209 g/mol. The quantitative estimate of drug-likeness (QED) is 0.767. The SMILES string of the molecule is CC(C)NC1(c2nc(C(N)=O)co2)CC1. The normalized spacial score (nSPS) is 18.1. The predicted octanol–water partition coefficient (Wildman–Crippen LogP) is 0.761. The molecule has 1 heterocycles. The van der Waals surface area contributed by atoms with E-state index in [-0.39, 0.29) is 11.2 Å². The lowest BCUT2D eigenvalue weighted by molar-refractivity contribution is 0.0995. The monoisotopic (exact) mass is 209 g/mol. The van der Waals surface area contributed by atoms with Crippen molar-refractivity contribution in [3.63, 3.8) is 0 Å². The van der Waals surface area contributed by atoms with Gasteiger partial charge in [0.05, 0.1) is 5.54 Å². The zero-order chi connectivity index (χ0) is 11.1. The van der Waals surface area contributed by atoms with Crippen molar-refractivity contribution in [2.75, 3.05) is 0 Å². The Labute approximate surface area is 88.0 Å². The second kappa shape index (κ2) is 3.34. The molecule has 0 spiro atoms. The molecule has 0 atom stereocenters. The van der Waals surface area contributed by atoms with E-state index in [1.165, 1.54) is 6.26 Å². The molecule has 0 saturated heterocycles. The minimum absolute atomic E-state index is 0.165. The van der Waals surface area contributed by atoms with E-state index in [1.54, 1.807) is 0 Å². The van der Waals surface area contributed by atoms with Crippen molar-refractivity contribution in [3.8, 4) is 0 Å². The van der Waals surface area contributed by atoms with Gasteiger partial charge < -0.3 is 15.5 Å². The predicted molar refractivity (Wildman–Crippen MR) is 54.2 cm³/mol. The fourth-order valence-corrected chi connectivity index (χ4v) is 1.70. The Balaban J connectivity index is 2.18. The molecule has 1 aromatic heterocycles. The molecule has 1 fully saturated rings. The molecule has 1 aliphatic rings. The first-order valence-corrected chi connectivity index (χ1v) is 5.07. The van der Waals surface area contributed by atoms with Gasteiger partial charge in [-0.25, -0.2) is 4.98 Å².